The van der Waals surface area contributed by atoms with Gasteiger partial charge in [-0.1, -0.05) is 37.6 Å². The van der Waals surface area contributed by atoms with Crippen LogP contribution >= 0.6 is 0 Å². The average Bonchev–Trinajstić information content (AvgIpc) is 2.28. The highest BCUT2D eigenvalue weighted by molar-refractivity contribution is 5.22. The molecule has 1 saturated heterocycles. The van der Waals surface area contributed by atoms with E-state index in [1.54, 1.807) is 0 Å². The minimum Gasteiger partial charge on any atom is -0.396 e. The van der Waals surface area contributed by atoms with Gasteiger partial charge in [-0.25, -0.2) is 0 Å². The van der Waals surface area contributed by atoms with Crippen LogP contribution in [0.5, 0.6) is 0 Å². The van der Waals surface area contributed by atoms with Gasteiger partial charge < -0.3 is 9.84 Å². The zero-order valence-electron chi connectivity index (χ0n) is 11.3. The summed E-state index contributed by atoms with van der Waals surface area (Å²) in [5, 5.41) is 9.81. The van der Waals surface area contributed by atoms with Crippen molar-refractivity contribution in [2.45, 2.75) is 33.8 Å². The molecule has 0 saturated carbocycles. The lowest BCUT2D eigenvalue weighted by molar-refractivity contribution is -0.148. The molecule has 0 aromatic rings. The van der Waals surface area contributed by atoms with Gasteiger partial charge in [0.15, 0.2) is 0 Å². The van der Waals surface area contributed by atoms with E-state index in [1.165, 1.54) is 5.57 Å². The summed E-state index contributed by atoms with van der Waals surface area (Å²) >= 11 is 0. The fourth-order valence-corrected chi connectivity index (χ4v) is 3.70. The molecule has 2 nitrogen and oxygen atoms in total. The molecule has 1 N–H and O–H groups in total. The Morgan fingerprint density at radius 1 is 1.53 bits per heavy atom. The Kier molecular flexibility index (Phi) is 3.46. The van der Waals surface area contributed by atoms with Crippen LogP contribution in [0.25, 0.3) is 0 Å². The first-order valence-corrected chi connectivity index (χ1v) is 6.60. The smallest absolute Gasteiger partial charge is 0.0823 e. The van der Waals surface area contributed by atoms with E-state index in [2.05, 4.69) is 39.0 Å². The maximum atomic E-state index is 9.81. The first-order valence-electron chi connectivity index (χ1n) is 6.60. The number of hydrogen-bond donors (Lipinski definition) is 1. The number of allylic oxidation sites excluding steroid dienone is 2. The second kappa shape index (κ2) is 4.58. The predicted molar refractivity (Wildman–Crippen MR) is 69.6 cm³/mol. The molecule has 1 heterocycles. The first-order chi connectivity index (χ1) is 8.06. The largest absolute Gasteiger partial charge is 0.396 e. The van der Waals surface area contributed by atoms with Gasteiger partial charge in [0.1, 0.15) is 0 Å². The van der Waals surface area contributed by atoms with Gasteiger partial charge in [0.05, 0.1) is 19.3 Å². The van der Waals surface area contributed by atoms with E-state index in [0.29, 0.717) is 24.4 Å². The van der Waals surface area contributed by atoms with Gasteiger partial charge >= 0.3 is 0 Å². The predicted octanol–water partition coefficient (Wildman–Crippen LogP) is 2.79. The van der Waals surface area contributed by atoms with E-state index in [-0.39, 0.29) is 18.1 Å². The highest BCUT2D eigenvalue weighted by Crippen LogP contribution is 2.52. The summed E-state index contributed by atoms with van der Waals surface area (Å²) in [6, 6.07) is 0. The molecule has 0 spiro atoms. The maximum Gasteiger partial charge on any atom is 0.0823 e. The molecule has 0 aromatic carbocycles. The van der Waals surface area contributed by atoms with Gasteiger partial charge in [-0.15, -0.1) is 0 Å². The molecule has 0 unspecified atom stereocenters. The Hall–Kier alpha value is -0.600. The fraction of sp³-hybridized carbons (Fsp3) is 0.733. The summed E-state index contributed by atoms with van der Waals surface area (Å²) in [6.45, 7) is 9.59. The number of aliphatic hydroxyl groups excluding tert-OH is 1. The normalized spacial score (nSPS) is 46.1. The Morgan fingerprint density at radius 2 is 2.24 bits per heavy atom. The molecule has 2 bridgehead atoms. The molecule has 0 radical (unpaired) electrons. The molecule has 2 rings (SSSR count). The standard InChI is InChI=1S/C15H24O2/c1-5-6-13-14-10(2)7-11(3)15(8-16,9-17-13)12(14)4/h5-7,11-14,16H,8-9H2,1-4H3/b6-5+/t11-,12+,13-,14+,15+/m1/s1. The number of aliphatic hydroxyl groups is 1. The Labute approximate surface area is 104 Å². The molecule has 2 heteroatoms. The van der Waals surface area contributed by atoms with Crippen LogP contribution in [0.2, 0.25) is 0 Å². The van der Waals surface area contributed by atoms with Crippen molar-refractivity contribution in [2.24, 2.45) is 23.2 Å². The molecule has 5 atom stereocenters. The Bertz CT molecular complexity index is 345. The van der Waals surface area contributed by atoms with Crippen LogP contribution in [0.15, 0.2) is 23.8 Å². The number of hydrogen-bond acceptors (Lipinski definition) is 2. The van der Waals surface area contributed by atoms with Gasteiger partial charge in [-0.3, -0.25) is 0 Å². The lowest BCUT2D eigenvalue weighted by Crippen LogP contribution is -2.55. The summed E-state index contributed by atoms with van der Waals surface area (Å²) in [7, 11) is 0. The molecular weight excluding hydrogens is 212 g/mol. The number of rotatable bonds is 2. The maximum absolute atomic E-state index is 9.81. The minimum atomic E-state index is -0.0811. The summed E-state index contributed by atoms with van der Waals surface area (Å²) in [4.78, 5) is 0. The summed E-state index contributed by atoms with van der Waals surface area (Å²) in [5.74, 6) is 1.29. The van der Waals surface area contributed by atoms with Crippen molar-refractivity contribution in [2.75, 3.05) is 13.2 Å². The second-order valence-electron chi connectivity index (χ2n) is 5.71. The van der Waals surface area contributed by atoms with Crippen LogP contribution in [0.3, 0.4) is 0 Å². The molecule has 1 aliphatic carbocycles. The van der Waals surface area contributed by atoms with Crippen molar-refractivity contribution in [3.05, 3.63) is 23.8 Å². The monoisotopic (exact) mass is 236 g/mol. The van der Waals surface area contributed by atoms with Crippen molar-refractivity contribution >= 4 is 0 Å². The van der Waals surface area contributed by atoms with E-state index in [4.69, 9.17) is 4.74 Å². The van der Waals surface area contributed by atoms with Crippen LogP contribution < -0.4 is 0 Å². The van der Waals surface area contributed by atoms with Crippen LogP contribution in [-0.2, 0) is 4.74 Å². The van der Waals surface area contributed by atoms with Crippen molar-refractivity contribution in [1.82, 2.24) is 0 Å². The minimum absolute atomic E-state index is 0.0811. The third-order valence-corrected chi connectivity index (χ3v) is 4.97. The molecule has 0 amide bonds. The van der Waals surface area contributed by atoms with Crippen LogP contribution in [-0.4, -0.2) is 24.4 Å². The average molecular weight is 236 g/mol. The summed E-state index contributed by atoms with van der Waals surface area (Å²) in [6.07, 6.45) is 6.73. The zero-order valence-corrected chi connectivity index (χ0v) is 11.3. The van der Waals surface area contributed by atoms with Gasteiger partial charge in [0, 0.05) is 11.3 Å². The van der Waals surface area contributed by atoms with Gasteiger partial charge in [-0.05, 0) is 25.7 Å². The van der Waals surface area contributed by atoms with Crippen LogP contribution in [0.4, 0.5) is 0 Å². The van der Waals surface area contributed by atoms with Crippen molar-refractivity contribution in [1.29, 1.82) is 0 Å². The van der Waals surface area contributed by atoms with Crippen molar-refractivity contribution in [3.8, 4) is 0 Å². The first kappa shape index (κ1) is 12.8. The Morgan fingerprint density at radius 3 is 2.82 bits per heavy atom. The third-order valence-electron chi connectivity index (χ3n) is 4.97. The fourth-order valence-electron chi connectivity index (χ4n) is 3.70. The van der Waals surface area contributed by atoms with E-state index in [0.717, 1.165) is 0 Å². The quantitative estimate of drug-likeness (QED) is 0.747. The lowest BCUT2D eigenvalue weighted by atomic mass is 9.56. The lowest BCUT2D eigenvalue weighted by Gasteiger charge is -2.54. The molecule has 17 heavy (non-hydrogen) atoms. The van der Waals surface area contributed by atoms with Crippen molar-refractivity contribution < 1.29 is 9.84 Å². The SMILES string of the molecule is C/C=C/[C@H]1OC[C@@]2(CO)[C@H](C)C=C(C)[C@H]1[C@@H]2C. The van der Waals surface area contributed by atoms with Crippen molar-refractivity contribution in [3.63, 3.8) is 0 Å². The van der Waals surface area contributed by atoms with E-state index in [9.17, 15) is 5.11 Å². The zero-order chi connectivity index (χ0) is 12.6. The summed E-state index contributed by atoms with van der Waals surface area (Å²) < 4.78 is 6.00. The Balaban J connectivity index is 2.40. The summed E-state index contributed by atoms with van der Waals surface area (Å²) in [5.41, 5.74) is 1.33. The van der Waals surface area contributed by atoms with Gasteiger partial charge in [0.2, 0.25) is 0 Å². The highest BCUT2D eigenvalue weighted by atomic mass is 16.5. The number of ether oxygens (including phenoxy) is 1. The van der Waals surface area contributed by atoms with E-state index >= 15 is 0 Å². The van der Waals surface area contributed by atoms with Gasteiger partial charge in [-0.2, -0.15) is 0 Å². The van der Waals surface area contributed by atoms with Gasteiger partial charge in [0.25, 0.3) is 0 Å². The molecular formula is C15H24O2. The third kappa shape index (κ3) is 1.78. The molecule has 96 valence electrons. The highest BCUT2D eigenvalue weighted by Gasteiger charge is 2.52. The molecule has 2 aliphatic rings. The molecule has 1 aliphatic heterocycles. The van der Waals surface area contributed by atoms with E-state index in [1.807, 2.05) is 6.92 Å². The molecule has 1 fully saturated rings. The van der Waals surface area contributed by atoms with Crippen LogP contribution in [0.1, 0.15) is 27.7 Å². The van der Waals surface area contributed by atoms with Crippen LogP contribution in [0, 0.1) is 23.2 Å². The van der Waals surface area contributed by atoms with E-state index < -0.39 is 0 Å². The topological polar surface area (TPSA) is 29.5 Å². The molecule has 0 aromatic heterocycles. The second-order valence-corrected chi connectivity index (χ2v) is 5.71. The number of fused-ring (bicyclic) bond motifs is 2.